The van der Waals surface area contributed by atoms with Gasteiger partial charge in [-0.3, -0.25) is 14.6 Å². The molecule has 4 rings (SSSR count). The second kappa shape index (κ2) is 10.3. The zero-order valence-corrected chi connectivity index (χ0v) is 19.3. The van der Waals surface area contributed by atoms with Gasteiger partial charge in [-0.15, -0.1) is 0 Å². The van der Waals surface area contributed by atoms with Crippen molar-refractivity contribution in [1.82, 2.24) is 15.3 Å². The van der Waals surface area contributed by atoms with Gasteiger partial charge < -0.3 is 25.0 Å². The van der Waals surface area contributed by atoms with E-state index in [1.54, 1.807) is 38.6 Å². The maximum Gasteiger partial charge on any atom is 0.269 e. The van der Waals surface area contributed by atoms with Gasteiger partial charge in [0, 0.05) is 48.8 Å². The van der Waals surface area contributed by atoms with Gasteiger partial charge in [0.25, 0.3) is 5.91 Å². The molecule has 2 amide bonds. The average molecular weight is 468 g/mol. The molecule has 10 heteroatoms. The smallest absolute Gasteiger partial charge is 0.269 e. The van der Waals surface area contributed by atoms with Gasteiger partial charge in [-0.25, -0.2) is 4.98 Å². The summed E-state index contributed by atoms with van der Waals surface area (Å²) in [6.07, 6.45) is 2.49. The number of nitrogens with one attached hydrogen (secondary N) is 2. The van der Waals surface area contributed by atoms with Gasteiger partial charge in [0.05, 0.1) is 26.5 Å². The maximum atomic E-state index is 12.3. The van der Waals surface area contributed by atoms with Crippen LogP contribution in [0.3, 0.4) is 0 Å². The van der Waals surface area contributed by atoms with Crippen LogP contribution in [0.4, 0.5) is 10.8 Å². The van der Waals surface area contributed by atoms with Crippen molar-refractivity contribution in [2.75, 3.05) is 37.5 Å². The Hall–Kier alpha value is -3.66. The molecule has 2 aromatic heterocycles. The maximum absolute atomic E-state index is 12.3. The van der Waals surface area contributed by atoms with Crippen LogP contribution in [0.5, 0.6) is 11.5 Å². The minimum Gasteiger partial charge on any atom is -0.493 e. The number of ether oxygens (including phenoxy) is 2. The van der Waals surface area contributed by atoms with E-state index in [1.165, 1.54) is 11.3 Å². The largest absolute Gasteiger partial charge is 0.493 e. The number of hydrogen-bond acceptors (Lipinski definition) is 8. The third-order valence-electron chi connectivity index (χ3n) is 5.25. The number of carbonyl (C=O) groups is 2. The fourth-order valence-corrected chi connectivity index (χ4v) is 4.59. The predicted octanol–water partition coefficient (Wildman–Crippen LogP) is 2.88. The van der Waals surface area contributed by atoms with Gasteiger partial charge in [0.2, 0.25) is 5.91 Å². The van der Waals surface area contributed by atoms with Crippen molar-refractivity contribution in [2.45, 2.75) is 19.4 Å². The second-order valence-electron chi connectivity index (χ2n) is 7.37. The summed E-state index contributed by atoms with van der Waals surface area (Å²) in [6.45, 7) is 1.75. The Labute approximate surface area is 195 Å². The van der Waals surface area contributed by atoms with Crippen LogP contribution in [-0.2, 0) is 17.8 Å². The first-order valence-corrected chi connectivity index (χ1v) is 11.3. The van der Waals surface area contributed by atoms with Crippen LogP contribution in [0.15, 0.2) is 42.6 Å². The van der Waals surface area contributed by atoms with E-state index in [0.29, 0.717) is 28.9 Å². The van der Waals surface area contributed by atoms with Crippen LogP contribution in [0.1, 0.15) is 27.5 Å². The molecular formula is C23H25N5O4S. The molecule has 0 spiro atoms. The number of rotatable bonds is 8. The van der Waals surface area contributed by atoms with Crippen LogP contribution in [0.25, 0.3) is 0 Å². The standard InChI is InChI=1S/C23H25N5O4S/c1-31-18-7-6-15(13-19(18)32-2)28-12-9-16-20(14-28)33-23(26-16)27-21(29)8-11-25-22(30)17-5-3-4-10-24-17/h3-7,10,13H,8-9,11-12,14H2,1-2H3,(H,25,30)(H,26,27,29). The molecule has 0 saturated heterocycles. The number of hydrogen-bond donors (Lipinski definition) is 2. The number of benzene rings is 1. The first-order valence-electron chi connectivity index (χ1n) is 10.5. The second-order valence-corrected chi connectivity index (χ2v) is 8.45. The number of fused-ring (bicyclic) bond motifs is 1. The fraction of sp³-hybridized carbons (Fsp3) is 0.304. The number of thiazole rings is 1. The van der Waals surface area contributed by atoms with E-state index < -0.39 is 0 Å². The first kappa shape index (κ1) is 22.5. The first-order chi connectivity index (χ1) is 16.1. The predicted molar refractivity (Wildman–Crippen MR) is 126 cm³/mol. The number of pyridine rings is 1. The highest BCUT2D eigenvalue weighted by Gasteiger charge is 2.22. The van der Waals surface area contributed by atoms with Crippen molar-refractivity contribution in [2.24, 2.45) is 0 Å². The number of methoxy groups -OCH3 is 2. The summed E-state index contributed by atoms with van der Waals surface area (Å²) in [7, 11) is 3.24. The lowest BCUT2D eigenvalue weighted by molar-refractivity contribution is -0.116. The van der Waals surface area contributed by atoms with Gasteiger partial charge in [-0.2, -0.15) is 0 Å². The molecule has 0 saturated carbocycles. The molecule has 33 heavy (non-hydrogen) atoms. The van der Waals surface area contributed by atoms with E-state index in [0.717, 1.165) is 29.2 Å². The lowest BCUT2D eigenvalue weighted by Crippen LogP contribution is -2.29. The Morgan fingerprint density at radius 3 is 2.76 bits per heavy atom. The zero-order chi connectivity index (χ0) is 23.2. The summed E-state index contributed by atoms with van der Waals surface area (Å²) in [5, 5.41) is 6.13. The Morgan fingerprint density at radius 2 is 2.00 bits per heavy atom. The third-order valence-corrected chi connectivity index (χ3v) is 6.24. The lowest BCUT2D eigenvalue weighted by Gasteiger charge is -2.28. The summed E-state index contributed by atoms with van der Waals surface area (Å²) in [4.78, 5) is 36.3. The van der Waals surface area contributed by atoms with Crippen LogP contribution in [0.2, 0.25) is 0 Å². The molecule has 1 aliphatic heterocycles. The van der Waals surface area contributed by atoms with Crippen molar-refractivity contribution < 1.29 is 19.1 Å². The van der Waals surface area contributed by atoms with Crippen molar-refractivity contribution >= 4 is 34.0 Å². The topological polar surface area (TPSA) is 106 Å². The fourth-order valence-electron chi connectivity index (χ4n) is 3.55. The van der Waals surface area contributed by atoms with Gasteiger partial charge in [0.15, 0.2) is 16.6 Å². The van der Waals surface area contributed by atoms with E-state index >= 15 is 0 Å². The third kappa shape index (κ3) is 5.40. The van der Waals surface area contributed by atoms with Crippen LogP contribution in [0, 0.1) is 0 Å². The van der Waals surface area contributed by atoms with Crippen molar-refractivity contribution in [3.05, 3.63) is 58.9 Å². The normalized spacial score (nSPS) is 12.6. The minimum absolute atomic E-state index is 0.153. The molecule has 2 N–H and O–H groups in total. The van der Waals surface area contributed by atoms with E-state index in [4.69, 9.17) is 9.47 Å². The Bertz CT molecular complexity index is 1140. The molecule has 0 atom stereocenters. The van der Waals surface area contributed by atoms with Gasteiger partial charge >= 0.3 is 0 Å². The highest BCUT2D eigenvalue weighted by Crippen LogP contribution is 2.35. The molecule has 0 bridgehead atoms. The molecule has 0 aliphatic carbocycles. The molecule has 0 radical (unpaired) electrons. The molecule has 3 aromatic rings. The van der Waals surface area contributed by atoms with Crippen LogP contribution < -0.4 is 25.0 Å². The molecule has 1 aromatic carbocycles. The molecule has 9 nitrogen and oxygen atoms in total. The van der Waals surface area contributed by atoms with Crippen molar-refractivity contribution in [3.63, 3.8) is 0 Å². The summed E-state index contributed by atoms with van der Waals surface area (Å²) < 4.78 is 10.7. The quantitative estimate of drug-likeness (QED) is 0.525. The molecule has 0 fully saturated rings. The molecule has 172 valence electrons. The summed E-state index contributed by atoms with van der Waals surface area (Å²) >= 11 is 1.48. The number of aromatic nitrogens is 2. The zero-order valence-electron chi connectivity index (χ0n) is 18.5. The van der Waals surface area contributed by atoms with E-state index in [9.17, 15) is 9.59 Å². The average Bonchev–Trinajstić information content (AvgIpc) is 3.25. The highest BCUT2D eigenvalue weighted by atomic mass is 32.1. The molecular weight excluding hydrogens is 442 g/mol. The Kier molecular flexibility index (Phi) is 7.04. The summed E-state index contributed by atoms with van der Waals surface area (Å²) in [6, 6.07) is 11.0. The lowest BCUT2D eigenvalue weighted by atomic mass is 10.1. The van der Waals surface area contributed by atoms with Crippen molar-refractivity contribution in [1.29, 1.82) is 0 Å². The molecule has 3 heterocycles. The number of amides is 2. The van der Waals surface area contributed by atoms with Gasteiger partial charge in [-0.05, 0) is 24.3 Å². The van der Waals surface area contributed by atoms with E-state index in [-0.39, 0.29) is 24.8 Å². The van der Waals surface area contributed by atoms with Gasteiger partial charge in [-0.1, -0.05) is 17.4 Å². The molecule has 1 aliphatic rings. The van der Waals surface area contributed by atoms with E-state index in [1.807, 2.05) is 18.2 Å². The minimum atomic E-state index is -0.302. The Morgan fingerprint density at radius 1 is 1.15 bits per heavy atom. The van der Waals surface area contributed by atoms with Crippen LogP contribution >= 0.6 is 11.3 Å². The highest BCUT2D eigenvalue weighted by molar-refractivity contribution is 7.15. The van der Waals surface area contributed by atoms with Crippen LogP contribution in [-0.4, -0.2) is 49.1 Å². The summed E-state index contributed by atoms with van der Waals surface area (Å²) in [5.74, 6) is 0.883. The number of anilines is 2. The monoisotopic (exact) mass is 467 g/mol. The number of nitrogens with zero attached hydrogens (tertiary/aromatic N) is 3. The molecule has 0 unspecified atom stereocenters. The van der Waals surface area contributed by atoms with Gasteiger partial charge in [0.1, 0.15) is 5.69 Å². The van der Waals surface area contributed by atoms with Crippen molar-refractivity contribution in [3.8, 4) is 11.5 Å². The Balaban J connectivity index is 1.31. The van der Waals surface area contributed by atoms with E-state index in [2.05, 4.69) is 25.5 Å². The number of carbonyl (C=O) groups excluding carboxylic acids is 2. The summed E-state index contributed by atoms with van der Waals surface area (Å²) in [5.41, 5.74) is 2.38. The SMILES string of the molecule is COc1ccc(N2CCc3nc(NC(=O)CCNC(=O)c4ccccn4)sc3C2)cc1OC.